The Balaban J connectivity index is 1.90. The van der Waals surface area contributed by atoms with Gasteiger partial charge in [0.2, 0.25) is 0 Å². The van der Waals surface area contributed by atoms with Gasteiger partial charge in [-0.05, 0) is 31.5 Å². The molecule has 1 aromatic heterocycles. The Morgan fingerprint density at radius 3 is 2.71 bits per heavy atom. The van der Waals surface area contributed by atoms with Gasteiger partial charge in [-0.25, -0.2) is 4.98 Å². The lowest BCUT2D eigenvalue weighted by molar-refractivity contribution is -0.00366. The molecule has 0 aliphatic carbocycles. The summed E-state index contributed by atoms with van der Waals surface area (Å²) < 4.78 is 0. The van der Waals surface area contributed by atoms with Gasteiger partial charge in [-0.1, -0.05) is 6.92 Å². The zero-order valence-corrected chi connectivity index (χ0v) is 13.2. The summed E-state index contributed by atoms with van der Waals surface area (Å²) in [6, 6.07) is 2.86. The number of anilines is 1. The van der Waals surface area contributed by atoms with Crippen LogP contribution in [0.1, 0.15) is 30.5 Å². The molecule has 4 rings (SSSR count). The van der Waals surface area contributed by atoms with Crippen molar-refractivity contribution >= 4 is 5.82 Å². The fourth-order valence-electron chi connectivity index (χ4n) is 3.70. The van der Waals surface area contributed by atoms with Gasteiger partial charge in [0.05, 0.1) is 6.04 Å². The number of aryl methyl sites for hydroxylation is 1. The van der Waals surface area contributed by atoms with Crippen molar-refractivity contribution in [2.45, 2.75) is 32.4 Å². The largest absolute Gasteiger partial charge is 0.383 e. The quantitative estimate of drug-likeness (QED) is 0.847. The highest BCUT2D eigenvalue weighted by Gasteiger charge is 2.38. The highest BCUT2D eigenvalue weighted by molar-refractivity contribution is 5.47. The number of hydrogen-bond donors (Lipinski definition) is 2. The first-order valence-corrected chi connectivity index (χ1v) is 8.11. The maximum Gasteiger partial charge on any atom is 0.128 e. The summed E-state index contributed by atoms with van der Waals surface area (Å²) in [5.74, 6) is 0.682. The molecule has 1 aromatic rings. The Morgan fingerprint density at radius 1 is 1.38 bits per heavy atom. The molecule has 3 saturated heterocycles. The van der Waals surface area contributed by atoms with Gasteiger partial charge in [0.1, 0.15) is 5.82 Å². The Kier molecular flexibility index (Phi) is 4.42. The van der Waals surface area contributed by atoms with Gasteiger partial charge in [0.25, 0.3) is 0 Å². The molecule has 3 aliphatic heterocycles. The first kappa shape index (κ1) is 14.8. The maximum absolute atomic E-state index is 6.22. The number of pyridine rings is 1. The van der Waals surface area contributed by atoms with Crippen molar-refractivity contribution in [2.75, 3.05) is 45.0 Å². The zero-order chi connectivity index (χ0) is 14.8. The van der Waals surface area contributed by atoms with Crippen LogP contribution in [0.3, 0.4) is 0 Å². The summed E-state index contributed by atoms with van der Waals surface area (Å²) in [7, 11) is 0. The molecule has 2 bridgehead atoms. The first-order valence-electron chi connectivity index (χ1n) is 8.11. The highest BCUT2D eigenvalue weighted by Crippen LogP contribution is 2.31. The normalized spacial score (nSPS) is 29.5. The van der Waals surface area contributed by atoms with Crippen molar-refractivity contribution < 1.29 is 0 Å². The molecule has 21 heavy (non-hydrogen) atoms. The number of hydrogen-bond acceptors (Lipinski definition) is 5. The van der Waals surface area contributed by atoms with Crippen LogP contribution in [0.15, 0.2) is 12.3 Å². The number of nitrogens with two attached hydrogens (primary N) is 1. The summed E-state index contributed by atoms with van der Waals surface area (Å²) in [5.41, 5.74) is 8.66. The van der Waals surface area contributed by atoms with Crippen LogP contribution in [0.25, 0.3) is 0 Å². The number of rotatable bonds is 5. The Labute approximate surface area is 127 Å². The molecule has 0 radical (unpaired) electrons. The molecule has 2 unspecified atom stereocenters. The number of nitrogens with one attached hydrogen (secondary N) is 1. The van der Waals surface area contributed by atoms with Gasteiger partial charge < -0.3 is 11.1 Å². The molecule has 4 heterocycles. The number of aromatic nitrogens is 1. The average Bonchev–Trinajstić information content (AvgIpc) is 2.51. The fourth-order valence-corrected chi connectivity index (χ4v) is 3.70. The van der Waals surface area contributed by atoms with Gasteiger partial charge in [-0.3, -0.25) is 9.80 Å². The minimum absolute atomic E-state index is 0.279. The van der Waals surface area contributed by atoms with Crippen LogP contribution >= 0.6 is 0 Å². The summed E-state index contributed by atoms with van der Waals surface area (Å²) in [4.78, 5) is 9.53. The molecule has 0 saturated carbocycles. The van der Waals surface area contributed by atoms with Gasteiger partial charge in [0.15, 0.2) is 0 Å². The van der Waals surface area contributed by atoms with E-state index in [9.17, 15) is 0 Å². The van der Waals surface area contributed by atoms with Crippen molar-refractivity contribution in [1.29, 1.82) is 0 Å². The van der Waals surface area contributed by atoms with Crippen molar-refractivity contribution in [3.05, 3.63) is 23.4 Å². The minimum Gasteiger partial charge on any atom is -0.383 e. The van der Waals surface area contributed by atoms with E-state index in [-0.39, 0.29) is 6.04 Å². The predicted molar refractivity (Wildman–Crippen MR) is 86.2 cm³/mol. The summed E-state index contributed by atoms with van der Waals surface area (Å²) in [5, 5.41) is 3.73. The van der Waals surface area contributed by atoms with E-state index >= 15 is 0 Å². The van der Waals surface area contributed by atoms with Crippen LogP contribution < -0.4 is 11.1 Å². The average molecular weight is 289 g/mol. The van der Waals surface area contributed by atoms with E-state index in [4.69, 9.17) is 5.73 Å². The van der Waals surface area contributed by atoms with Crippen LogP contribution in [0.2, 0.25) is 0 Å². The lowest BCUT2D eigenvalue weighted by atomic mass is 9.91. The lowest BCUT2D eigenvalue weighted by Gasteiger charge is -2.50. The molecule has 3 aliphatic rings. The van der Waals surface area contributed by atoms with Gasteiger partial charge >= 0.3 is 0 Å². The van der Waals surface area contributed by atoms with Crippen molar-refractivity contribution in [3.8, 4) is 0 Å². The Hall–Kier alpha value is -1.17. The third kappa shape index (κ3) is 2.91. The lowest BCUT2D eigenvalue weighted by Crippen LogP contribution is -2.64. The second kappa shape index (κ2) is 6.30. The number of fused-ring (bicyclic) bond motifs is 3. The topological polar surface area (TPSA) is 57.4 Å². The molecule has 0 spiro atoms. The first-order chi connectivity index (χ1) is 10.2. The predicted octanol–water partition coefficient (Wildman–Crippen LogP) is 1.01. The second-order valence-electron chi connectivity index (χ2n) is 6.26. The van der Waals surface area contributed by atoms with Crippen molar-refractivity contribution in [2.24, 2.45) is 0 Å². The van der Waals surface area contributed by atoms with Crippen molar-refractivity contribution in [3.63, 3.8) is 0 Å². The fraction of sp³-hybridized carbons (Fsp3) is 0.688. The van der Waals surface area contributed by atoms with E-state index in [2.05, 4.69) is 40.0 Å². The molecule has 0 amide bonds. The second-order valence-corrected chi connectivity index (χ2v) is 6.26. The monoisotopic (exact) mass is 289 g/mol. The third-order valence-corrected chi connectivity index (χ3v) is 4.87. The molecular weight excluding hydrogens is 262 g/mol. The van der Waals surface area contributed by atoms with Crippen LogP contribution in [0.5, 0.6) is 0 Å². The van der Waals surface area contributed by atoms with Crippen LogP contribution in [-0.2, 0) is 0 Å². The van der Waals surface area contributed by atoms with Crippen LogP contribution in [0, 0.1) is 6.92 Å². The van der Waals surface area contributed by atoms with Crippen LogP contribution in [0.4, 0.5) is 5.82 Å². The van der Waals surface area contributed by atoms with Gasteiger partial charge in [0, 0.05) is 50.5 Å². The SMILES string of the molecule is CCCNC(c1c(C)ccnc1N)C1CN2CCN1CC2. The summed E-state index contributed by atoms with van der Waals surface area (Å²) in [6.45, 7) is 11.3. The molecule has 3 fully saturated rings. The third-order valence-electron chi connectivity index (χ3n) is 4.87. The van der Waals surface area contributed by atoms with Crippen molar-refractivity contribution in [1.82, 2.24) is 20.1 Å². The number of nitrogens with zero attached hydrogens (tertiary/aromatic N) is 3. The zero-order valence-electron chi connectivity index (χ0n) is 13.2. The van der Waals surface area contributed by atoms with E-state index in [0.29, 0.717) is 11.9 Å². The van der Waals surface area contributed by atoms with E-state index in [1.165, 1.54) is 37.3 Å². The number of nitrogen functional groups attached to an aromatic ring is 1. The molecule has 116 valence electrons. The standard InChI is InChI=1S/C16H27N5/c1-3-5-18-15(14-12(2)4-6-19-16(14)17)13-11-20-7-9-21(13)10-8-20/h4,6,13,15,18H,3,5,7-11H2,1-2H3,(H2,17,19). The molecular formula is C16H27N5. The number of piperazine rings is 3. The molecule has 3 N–H and O–H groups in total. The van der Waals surface area contributed by atoms with E-state index in [1.54, 1.807) is 0 Å². The maximum atomic E-state index is 6.22. The Bertz CT molecular complexity index is 461. The summed E-state index contributed by atoms with van der Waals surface area (Å²) >= 11 is 0. The van der Waals surface area contributed by atoms with E-state index < -0.39 is 0 Å². The Morgan fingerprint density at radius 2 is 2.14 bits per heavy atom. The van der Waals surface area contributed by atoms with Gasteiger partial charge in [-0.2, -0.15) is 0 Å². The molecule has 5 nitrogen and oxygen atoms in total. The smallest absolute Gasteiger partial charge is 0.128 e. The van der Waals surface area contributed by atoms with Gasteiger partial charge in [-0.15, -0.1) is 0 Å². The summed E-state index contributed by atoms with van der Waals surface area (Å²) in [6.07, 6.45) is 2.94. The molecule has 0 aromatic carbocycles. The molecule has 5 heteroatoms. The highest BCUT2D eigenvalue weighted by atomic mass is 15.4. The van der Waals surface area contributed by atoms with E-state index in [1.807, 2.05) is 6.20 Å². The van der Waals surface area contributed by atoms with E-state index in [0.717, 1.165) is 19.5 Å². The van der Waals surface area contributed by atoms with Crippen LogP contribution in [-0.4, -0.2) is 60.1 Å². The minimum atomic E-state index is 0.279. The molecule has 2 atom stereocenters.